The number of fused-ring (bicyclic) bond motifs is 1. The number of aromatic nitrogens is 3. The molecule has 1 amide bonds. The van der Waals surface area contributed by atoms with Gasteiger partial charge in [-0.2, -0.15) is 0 Å². The monoisotopic (exact) mass is 572 g/mol. The Morgan fingerprint density at radius 3 is 2.44 bits per heavy atom. The van der Waals surface area contributed by atoms with Gasteiger partial charge in [-0.05, 0) is 56.5 Å². The number of aliphatic hydroxyl groups excluding tert-OH is 1. The van der Waals surface area contributed by atoms with E-state index >= 15 is 0 Å². The molecule has 0 bridgehead atoms. The number of aryl methyl sites for hydroxylation is 3. The Hall–Kier alpha value is -4.31. The van der Waals surface area contributed by atoms with Crippen LogP contribution in [0.25, 0.3) is 11.4 Å². The number of thiazole rings is 1. The SMILES string of the molecule is CCCCCOc1ccc(C2C(=C(O)c3nc4c(C)cccn4c3C)C(=O)C(=O)N2c2nc(C)c(C(C)=O)s2)cc1. The van der Waals surface area contributed by atoms with E-state index in [-0.39, 0.29) is 27.9 Å². The third-order valence-corrected chi connectivity index (χ3v) is 8.53. The largest absolute Gasteiger partial charge is 0.505 e. The average Bonchev–Trinajstić information content (AvgIpc) is 3.59. The molecule has 1 saturated heterocycles. The Balaban J connectivity index is 1.65. The van der Waals surface area contributed by atoms with Gasteiger partial charge in [0.15, 0.2) is 16.7 Å². The zero-order valence-electron chi connectivity index (χ0n) is 23.7. The van der Waals surface area contributed by atoms with E-state index in [1.807, 2.05) is 29.7 Å². The number of anilines is 1. The number of aliphatic hydroxyl groups is 1. The summed E-state index contributed by atoms with van der Waals surface area (Å²) in [5.41, 5.74) is 3.36. The van der Waals surface area contributed by atoms with Gasteiger partial charge in [0.2, 0.25) is 0 Å². The van der Waals surface area contributed by atoms with Gasteiger partial charge < -0.3 is 14.2 Å². The molecule has 10 heteroatoms. The molecule has 1 unspecified atom stereocenters. The van der Waals surface area contributed by atoms with E-state index in [1.165, 1.54) is 11.8 Å². The van der Waals surface area contributed by atoms with Crippen LogP contribution < -0.4 is 9.64 Å². The number of imidazole rings is 1. The summed E-state index contributed by atoms with van der Waals surface area (Å²) in [4.78, 5) is 50.2. The van der Waals surface area contributed by atoms with Crippen LogP contribution in [-0.2, 0) is 9.59 Å². The normalized spacial score (nSPS) is 16.6. The summed E-state index contributed by atoms with van der Waals surface area (Å²) in [6, 6.07) is 9.93. The molecule has 0 radical (unpaired) electrons. The number of rotatable bonds is 9. The fourth-order valence-electron chi connectivity index (χ4n) is 5.12. The standard InChI is InChI=1S/C31H32N4O5S/c1-6-7-8-16-40-22-13-11-21(12-14-22)25-23(26(37)24-19(4)34-15-9-10-17(2)29(34)33-24)27(38)30(39)35(25)31-32-18(3)28(41-31)20(5)36/h9-15,25,37H,6-8,16H2,1-5H3. The molecule has 1 aliphatic heterocycles. The van der Waals surface area contributed by atoms with Gasteiger partial charge in [-0.15, -0.1) is 0 Å². The number of Topliss-reactive ketones (excluding diaryl/α,β-unsaturated/α-hetero) is 2. The second-order valence-electron chi connectivity index (χ2n) is 10.2. The first-order chi connectivity index (χ1) is 19.6. The number of amides is 1. The summed E-state index contributed by atoms with van der Waals surface area (Å²) < 4.78 is 7.70. The number of ketones is 2. The molecule has 1 aromatic carbocycles. The van der Waals surface area contributed by atoms with Crippen molar-refractivity contribution in [2.24, 2.45) is 0 Å². The van der Waals surface area contributed by atoms with E-state index in [4.69, 9.17) is 4.74 Å². The molecular weight excluding hydrogens is 540 g/mol. The highest BCUT2D eigenvalue weighted by Crippen LogP contribution is 2.44. The molecule has 4 heterocycles. The summed E-state index contributed by atoms with van der Waals surface area (Å²) >= 11 is 1.05. The summed E-state index contributed by atoms with van der Waals surface area (Å²) in [5, 5.41) is 11.9. The summed E-state index contributed by atoms with van der Waals surface area (Å²) in [6.07, 6.45) is 4.94. The maximum Gasteiger partial charge on any atom is 0.301 e. The summed E-state index contributed by atoms with van der Waals surface area (Å²) in [6.45, 7) is 9.55. The molecule has 41 heavy (non-hydrogen) atoms. The maximum absolute atomic E-state index is 13.6. The van der Waals surface area contributed by atoms with Crippen molar-refractivity contribution in [2.45, 2.75) is 59.9 Å². The van der Waals surface area contributed by atoms with Crippen molar-refractivity contribution in [3.8, 4) is 5.75 Å². The van der Waals surface area contributed by atoms with E-state index < -0.39 is 17.7 Å². The Labute approximate surface area is 242 Å². The van der Waals surface area contributed by atoms with Crippen LogP contribution in [0.5, 0.6) is 5.75 Å². The van der Waals surface area contributed by atoms with Crippen molar-refractivity contribution < 1.29 is 24.2 Å². The van der Waals surface area contributed by atoms with Crippen molar-refractivity contribution in [3.05, 3.63) is 81.3 Å². The van der Waals surface area contributed by atoms with Crippen molar-refractivity contribution in [3.63, 3.8) is 0 Å². The van der Waals surface area contributed by atoms with E-state index in [9.17, 15) is 19.5 Å². The second-order valence-corrected chi connectivity index (χ2v) is 11.2. The number of pyridine rings is 1. The van der Waals surface area contributed by atoms with E-state index in [0.717, 1.165) is 36.2 Å². The summed E-state index contributed by atoms with van der Waals surface area (Å²) in [7, 11) is 0. The predicted octanol–water partition coefficient (Wildman–Crippen LogP) is 6.11. The highest BCUT2D eigenvalue weighted by Gasteiger charge is 2.48. The van der Waals surface area contributed by atoms with E-state index in [2.05, 4.69) is 16.9 Å². The molecule has 0 saturated carbocycles. The lowest BCUT2D eigenvalue weighted by molar-refractivity contribution is -0.132. The van der Waals surface area contributed by atoms with Crippen LogP contribution in [0.15, 0.2) is 48.2 Å². The first kappa shape index (κ1) is 28.2. The van der Waals surface area contributed by atoms with Gasteiger partial charge in [-0.25, -0.2) is 9.97 Å². The molecule has 1 aliphatic rings. The van der Waals surface area contributed by atoms with Gasteiger partial charge in [-0.1, -0.05) is 49.3 Å². The number of nitrogens with zero attached hydrogens (tertiary/aromatic N) is 4. The molecule has 0 spiro atoms. The topological polar surface area (TPSA) is 114 Å². The molecule has 1 fully saturated rings. The van der Waals surface area contributed by atoms with E-state index in [1.54, 1.807) is 38.1 Å². The summed E-state index contributed by atoms with van der Waals surface area (Å²) in [5.74, 6) is -1.57. The highest BCUT2D eigenvalue weighted by molar-refractivity contribution is 7.18. The van der Waals surface area contributed by atoms with Gasteiger partial charge in [0, 0.05) is 13.1 Å². The number of carbonyl (C=O) groups is 3. The minimum absolute atomic E-state index is 0.0898. The van der Waals surface area contributed by atoms with Crippen molar-refractivity contribution in [2.75, 3.05) is 11.5 Å². The van der Waals surface area contributed by atoms with Crippen LogP contribution in [0.1, 0.15) is 77.0 Å². The minimum Gasteiger partial charge on any atom is -0.505 e. The zero-order valence-corrected chi connectivity index (χ0v) is 24.5. The number of ether oxygens (including phenoxy) is 1. The molecule has 0 aliphatic carbocycles. The minimum atomic E-state index is -0.986. The van der Waals surface area contributed by atoms with Gasteiger partial charge in [0.25, 0.3) is 5.78 Å². The molecule has 1 atom stereocenters. The predicted molar refractivity (Wildman–Crippen MR) is 158 cm³/mol. The van der Waals surface area contributed by atoms with Crippen molar-refractivity contribution in [1.29, 1.82) is 0 Å². The van der Waals surface area contributed by atoms with Crippen LogP contribution in [0.4, 0.5) is 5.13 Å². The number of carbonyl (C=O) groups excluding carboxylic acids is 3. The fourth-order valence-corrected chi connectivity index (χ4v) is 6.11. The van der Waals surface area contributed by atoms with Crippen LogP contribution >= 0.6 is 11.3 Å². The van der Waals surface area contributed by atoms with E-state index in [0.29, 0.717) is 39.8 Å². The van der Waals surface area contributed by atoms with Gasteiger partial charge in [0.05, 0.1) is 34.5 Å². The maximum atomic E-state index is 13.6. The number of unbranched alkanes of at least 4 members (excludes halogenated alkanes) is 2. The molecule has 3 aromatic heterocycles. The Morgan fingerprint density at radius 2 is 1.80 bits per heavy atom. The van der Waals surface area contributed by atoms with Crippen molar-refractivity contribution in [1.82, 2.24) is 14.4 Å². The fraction of sp³-hybridized carbons (Fsp3) is 0.323. The van der Waals surface area contributed by atoms with Crippen LogP contribution in [-0.4, -0.2) is 43.6 Å². The second kappa shape index (κ2) is 11.3. The van der Waals surface area contributed by atoms with Gasteiger partial charge >= 0.3 is 5.91 Å². The lowest BCUT2D eigenvalue weighted by atomic mass is 9.96. The smallest absolute Gasteiger partial charge is 0.301 e. The third-order valence-electron chi connectivity index (χ3n) is 7.28. The van der Waals surface area contributed by atoms with Gasteiger partial charge in [-0.3, -0.25) is 19.3 Å². The lowest BCUT2D eigenvalue weighted by Gasteiger charge is -2.23. The molecular formula is C31H32N4O5S. The van der Waals surface area contributed by atoms with Crippen molar-refractivity contribution >= 4 is 45.3 Å². The Bertz CT molecular complexity index is 1700. The lowest BCUT2D eigenvalue weighted by Crippen LogP contribution is -2.29. The number of hydrogen-bond donors (Lipinski definition) is 1. The van der Waals surface area contributed by atoms with Crippen LogP contribution in [0.3, 0.4) is 0 Å². The van der Waals surface area contributed by atoms with Crippen LogP contribution in [0, 0.1) is 20.8 Å². The van der Waals surface area contributed by atoms with Gasteiger partial charge in [0.1, 0.15) is 17.1 Å². The molecule has 9 nitrogen and oxygen atoms in total. The first-order valence-electron chi connectivity index (χ1n) is 13.6. The molecule has 5 rings (SSSR count). The average molecular weight is 573 g/mol. The zero-order chi connectivity index (χ0) is 29.4. The quantitative estimate of drug-likeness (QED) is 0.0846. The Morgan fingerprint density at radius 1 is 1.07 bits per heavy atom. The first-order valence-corrected chi connectivity index (χ1v) is 14.4. The van der Waals surface area contributed by atoms with Crippen LogP contribution in [0.2, 0.25) is 0 Å². The molecule has 1 N–H and O–H groups in total. The highest BCUT2D eigenvalue weighted by atomic mass is 32.1. The number of benzene rings is 1. The molecule has 212 valence electrons. The molecule has 4 aromatic rings. The number of hydrogen-bond acceptors (Lipinski definition) is 8. The third kappa shape index (κ3) is 5.04. The Kier molecular flexibility index (Phi) is 7.77.